The average molecular weight is 371 g/mol. The van der Waals surface area contributed by atoms with Gasteiger partial charge in [0.1, 0.15) is 22.3 Å². The van der Waals surface area contributed by atoms with Gasteiger partial charge in [0.05, 0.1) is 19.0 Å². The lowest BCUT2D eigenvalue weighted by Gasteiger charge is -2.08. The minimum atomic E-state index is -0.350. The van der Waals surface area contributed by atoms with E-state index < -0.39 is 0 Å². The highest BCUT2D eigenvalue weighted by molar-refractivity contribution is 7.17. The molecular formula is C17H17N5O3S. The number of aromatic nitrogens is 3. The van der Waals surface area contributed by atoms with E-state index in [0.717, 1.165) is 5.56 Å². The second-order valence-electron chi connectivity index (χ2n) is 5.42. The zero-order valence-electron chi connectivity index (χ0n) is 14.4. The number of hydrogen-bond donors (Lipinski definition) is 3. The van der Waals surface area contributed by atoms with Gasteiger partial charge >= 0.3 is 0 Å². The second-order valence-corrected chi connectivity index (χ2v) is 6.45. The number of para-hydroxylation sites is 1. The number of aromatic hydroxyl groups is 1. The van der Waals surface area contributed by atoms with Crippen LogP contribution in [0.2, 0.25) is 0 Å². The minimum absolute atomic E-state index is 0.0183. The van der Waals surface area contributed by atoms with E-state index in [2.05, 4.69) is 25.6 Å². The molecule has 0 bridgehead atoms. The molecule has 0 aliphatic rings. The molecule has 0 atom stereocenters. The minimum Gasteiger partial charge on any atom is -0.506 e. The predicted octanol–water partition coefficient (Wildman–Crippen LogP) is 3.26. The smallest absolute Gasteiger partial charge is 0.267 e. The van der Waals surface area contributed by atoms with E-state index >= 15 is 0 Å². The molecule has 1 aromatic carbocycles. The monoisotopic (exact) mass is 371 g/mol. The molecule has 3 aromatic rings. The van der Waals surface area contributed by atoms with Gasteiger partial charge in [-0.05, 0) is 25.5 Å². The van der Waals surface area contributed by atoms with Crippen molar-refractivity contribution in [2.45, 2.75) is 13.8 Å². The van der Waals surface area contributed by atoms with E-state index in [1.807, 2.05) is 0 Å². The highest BCUT2D eigenvalue weighted by Crippen LogP contribution is 2.28. The number of nitrogens with one attached hydrogen (secondary N) is 2. The first-order valence-corrected chi connectivity index (χ1v) is 8.50. The molecule has 0 aliphatic carbocycles. The highest BCUT2D eigenvalue weighted by Gasteiger charge is 2.14. The zero-order chi connectivity index (χ0) is 18.7. The third kappa shape index (κ3) is 3.89. The SMILES string of the molecule is COc1cc(Nc2ncc(C(=O)Nc3c(C)cccc3O)s2)nc(C)n1. The van der Waals surface area contributed by atoms with Gasteiger partial charge in [0, 0.05) is 6.07 Å². The maximum atomic E-state index is 12.4. The third-order valence-electron chi connectivity index (χ3n) is 3.48. The quantitative estimate of drug-likeness (QED) is 0.591. The van der Waals surface area contributed by atoms with Gasteiger partial charge in [0.2, 0.25) is 5.88 Å². The van der Waals surface area contributed by atoms with E-state index in [1.54, 1.807) is 32.0 Å². The van der Waals surface area contributed by atoms with Crippen LogP contribution in [0.4, 0.5) is 16.6 Å². The van der Waals surface area contributed by atoms with Gasteiger partial charge in [-0.15, -0.1) is 0 Å². The van der Waals surface area contributed by atoms with Crippen LogP contribution < -0.4 is 15.4 Å². The molecule has 2 heterocycles. The molecule has 0 saturated carbocycles. The molecular weight excluding hydrogens is 354 g/mol. The summed E-state index contributed by atoms with van der Waals surface area (Å²) in [6.07, 6.45) is 1.46. The molecule has 2 aromatic heterocycles. The molecule has 1 amide bonds. The molecule has 9 heteroatoms. The van der Waals surface area contributed by atoms with Gasteiger partial charge in [-0.25, -0.2) is 9.97 Å². The van der Waals surface area contributed by atoms with Gasteiger partial charge < -0.3 is 20.5 Å². The zero-order valence-corrected chi connectivity index (χ0v) is 15.2. The van der Waals surface area contributed by atoms with Crippen LogP contribution in [-0.2, 0) is 0 Å². The largest absolute Gasteiger partial charge is 0.506 e. The van der Waals surface area contributed by atoms with Crippen LogP contribution in [0.3, 0.4) is 0 Å². The van der Waals surface area contributed by atoms with Gasteiger partial charge in [-0.1, -0.05) is 23.5 Å². The van der Waals surface area contributed by atoms with Crippen molar-refractivity contribution < 1.29 is 14.6 Å². The summed E-state index contributed by atoms with van der Waals surface area (Å²) in [5, 5.41) is 16.1. The number of rotatable bonds is 5. The van der Waals surface area contributed by atoms with Crippen molar-refractivity contribution in [2.24, 2.45) is 0 Å². The Morgan fingerprint density at radius 1 is 1.27 bits per heavy atom. The Morgan fingerprint density at radius 2 is 2.08 bits per heavy atom. The predicted molar refractivity (Wildman–Crippen MR) is 99.5 cm³/mol. The number of amides is 1. The number of benzene rings is 1. The number of thiazole rings is 1. The van der Waals surface area contributed by atoms with Crippen molar-refractivity contribution in [2.75, 3.05) is 17.7 Å². The van der Waals surface area contributed by atoms with Gasteiger partial charge in [0.15, 0.2) is 5.13 Å². The molecule has 0 spiro atoms. The number of nitrogens with zero attached hydrogens (tertiary/aromatic N) is 3. The summed E-state index contributed by atoms with van der Waals surface area (Å²) in [6.45, 7) is 3.56. The lowest BCUT2D eigenvalue weighted by atomic mass is 10.2. The first-order chi connectivity index (χ1) is 12.5. The fourth-order valence-corrected chi connectivity index (χ4v) is 2.96. The number of ether oxygens (including phenoxy) is 1. The first kappa shape index (κ1) is 17.6. The maximum absolute atomic E-state index is 12.4. The summed E-state index contributed by atoms with van der Waals surface area (Å²) in [4.78, 5) is 25.4. The molecule has 3 rings (SSSR count). The van der Waals surface area contributed by atoms with E-state index in [0.29, 0.717) is 33.2 Å². The van der Waals surface area contributed by atoms with Crippen molar-refractivity contribution >= 4 is 33.9 Å². The lowest BCUT2D eigenvalue weighted by molar-refractivity contribution is 0.103. The molecule has 0 unspecified atom stereocenters. The first-order valence-electron chi connectivity index (χ1n) is 7.68. The van der Waals surface area contributed by atoms with Gasteiger partial charge in [-0.3, -0.25) is 4.79 Å². The summed E-state index contributed by atoms with van der Waals surface area (Å²) in [6, 6.07) is 6.68. The van der Waals surface area contributed by atoms with Crippen LogP contribution in [0.25, 0.3) is 0 Å². The third-order valence-corrected chi connectivity index (χ3v) is 4.39. The second kappa shape index (κ2) is 7.36. The Kier molecular flexibility index (Phi) is 4.99. The van der Waals surface area contributed by atoms with Crippen molar-refractivity contribution in [3.05, 3.63) is 46.7 Å². The number of anilines is 3. The summed E-state index contributed by atoms with van der Waals surface area (Å²) in [5.74, 6) is 1.18. The molecule has 0 fully saturated rings. The Morgan fingerprint density at radius 3 is 2.81 bits per heavy atom. The van der Waals surface area contributed by atoms with Crippen molar-refractivity contribution in [3.63, 3.8) is 0 Å². The summed E-state index contributed by atoms with van der Waals surface area (Å²) < 4.78 is 5.11. The summed E-state index contributed by atoms with van der Waals surface area (Å²) in [5.41, 5.74) is 1.15. The fraction of sp³-hybridized carbons (Fsp3) is 0.176. The Balaban J connectivity index is 1.75. The number of hydrogen-bond acceptors (Lipinski definition) is 8. The lowest BCUT2D eigenvalue weighted by Crippen LogP contribution is -2.11. The van der Waals surface area contributed by atoms with Crippen LogP contribution in [0.5, 0.6) is 11.6 Å². The van der Waals surface area contributed by atoms with E-state index in [-0.39, 0.29) is 11.7 Å². The van der Waals surface area contributed by atoms with Crippen LogP contribution >= 0.6 is 11.3 Å². The van der Waals surface area contributed by atoms with Crippen molar-refractivity contribution in [1.29, 1.82) is 0 Å². The maximum Gasteiger partial charge on any atom is 0.267 e. The molecule has 0 saturated heterocycles. The van der Waals surface area contributed by atoms with Gasteiger partial charge in [0.25, 0.3) is 5.91 Å². The Bertz CT molecular complexity index is 937. The number of phenols is 1. The van der Waals surface area contributed by atoms with Crippen LogP contribution in [0.1, 0.15) is 21.1 Å². The normalized spacial score (nSPS) is 10.4. The molecule has 0 aliphatic heterocycles. The van der Waals surface area contributed by atoms with Crippen LogP contribution in [0.15, 0.2) is 30.5 Å². The Hall–Kier alpha value is -3.20. The number of carbonyl (C=O) groups excluding carboxylic acids is 1. The molecule has 3 N–H and O–H groups in total. The number of carbonyl (C=O) groups is 1. The van der Waals surface area contributed by atoms with Crippen molar-refractivity contribution in [3.8, 4) is 11.6 Å². The molecule has 8 nitrogen and oxygen atoms in total. The summed E-state index contributed by atoms with van der Waals surface area (Å²) in [7, 11) is 1.53. The standard InChI is InChI=1S/C17H17N5O3S/c1-9-5-4-6-11(23)15(9)22-16(24)12-8-18-17(26-12)21-13-7-14(25-3)20-10(2)19-13/h4-8,23H,1-3H3,(H,22,24)(H,18,19,20,21). The molecule has 0 radical (unpaired) electrons. The number of phenolic OH excluding ortho intramolecular Hbond substituents is 1. The molecule has 26 heavy (non-hydrogen) atoms. The van der Waals surface area contributed by atoms with E-state index in [9.17, 15) is 9.90 Å². The fourth-order valence-electron chi connectivity index (χ4n) is 2.25. The van der Waals surface area contributed by atoms with E-state index in [4.69, 9.17) is 4.74 Å². The molecule has 134 valence electrons. The topological polar surface area (TPSA) is 109 Å². The van der Waals surface area contributed by atoms with Gasteiger partial charge in [-0.2, -0.15) is 4.98 Å². The average Bonchev–Trinajstić information content (AvgIpc) is 3.06. The highest BCUT2D eigenvalue weighted by atomic mass is 32.1. The number of aryl methyl sites for hydroxylation is 2. The van der Waals surface area contributed by atoms with Crippen LogP contribution in [0, 0.1) is 13.8 Å². The van der Waals surface area contributed by atoms with Crippen molar-refractivity contribution in [1.82, 2.24) is 15.0 Å². The van der Waals surface area contributed by atoms with Crippen LogP contribution in [-0.4, -0.2) is 33.1 Å². The Labute approximate surface area is 153 Å². The van der Waals surface area contributed by atoms with E-state index in [1.165, 1.54) is 30.7 Å². The summed E-state index contributed by atoms with van der Waals surface area (Å²) >= 11 is 1.17. The number of methoxy groups -OCH3 is 1.